The molecule has 0 radical (unpaired) electrons. The van der Waals surface area contributed by atoms with E-state index in [1.807, 2.05) is 0 Å². The summed E-state index contributed by atoms with van der Waals surface area (Å²) in [5.74, 6) is -0.180. The third-order valence-corrected chi connectivity index (χ3v) is 2.15. The Hall–Kier alpha value is -2.30. The van der Waals surface area contributed by atoms with Crippen molar-refractivity contribution in [3.63, 3.8) is 0 Å². The van der Waals surface area contributed by atoms with Crippen LogP contribution in [0, 0.1) is 0 Å². The molecule has 0 aliphatic heterocycles. The number of carboxylic acid groups (broad SMARTS) is 1. The van der Waals surface area contributed by atoms with Gasteiger partial charge in [-0.3, -0.25) is 4.79 Å². The van der Waals surface area contributed by atoms with Gasteiger partial charge in [-0.25, -0.2) is 4.98 Å². The lowest BCUT2D eigenvalue weighted by molar-refractivity contribution is -0.137. The summed E-state index contributed by atoms with van der Waals surface area (Å²) in [6.07, 6.45) is 3.15. The average molecular weight is 218 g/mol. The Bertz CT molecular complexity index is 502. The van der Waals surface area contributed by atoms with Crippen LogP contribution in [-0.2, 0) is 11.3 Å². The molecule has 16 heavy (non-hydrogen) atoms. The smallest absolute Gasteiger partial charge is 0.323 e. The van der Waals surface area contributed by atoms with Crippen LogP contribution in [0.2, 0.25) is 0 Å². The minimum Gasteiger partial charge on any atom is -0.508 e. The standard InChI is InChI=1S/C11H10N2O3/c14-9-3-1-8(2-4-9)11-12-5-6-13(11)7-10(15)16/h1-6,14H,7H2,(H,15,16). The zero-order valence-electron chi connectivity index (χ0n) is 8.37. The van der Waals surface area contributed by atoms with Gasteiger partial charge in [-0.2, -0.15) is 0 Å². The molecule has 0 aliphatic carbocycles. The van der Waals surface area contributed by atoms with Gasteiger partial charge >= 0.3 is 5.97 Å². The number of carbonyl (C=O) groups is 1. The Morgan fingerprint density at radius 3 is 2.62 bits per heavy atom. The number of aromatic nitrogens is 2. The zero-order chi connectivity index (χ0) is 11.5. The normalized spacial score (nSPS) is 10.2. The first-order valence-corrected chi connectivity index (χ1v) is 4.69. The average Bonchev–Trinajstić information content (AvgIpc) is 2.66. The van der Waals surface area contributed by atoms with Crippen LogP contribution in [0.1, 0.15) is 0 Å². The number of hydrogen-bond donors (Lipinski definition) is 2. The molecule has 82 valence electrons. The highest BCUT2D eigenvalue weighted by Crippen LogP contribution is 2.20. The molecule has 0 saturated carbocycles. The van der Waals surface area contributed by atoms with E-state index in [1.54, 1.807) is 24.5 Å². The van der Waals surface area contributed by atoms with Crippen molar-refractivity contribution in [2.24, 2.45) is 0 Å². The first-order valence-electron chi connectivity index (χ1n) is 4.69. The summed E-state index contributed by atoms with van der Waals surface area (Å²) in [5.41, 5.74) is 0.768. The third kappa shape index (κ3) is 2.03. The Kier molecular flexibility index (Phi) is 2.59. The molecule has 0 spiro atoms. The van der Waals surface area contributed by atoms with Crippen molar-refractivity contribution < 1.29 is 15.0 Å². The summed E-state index contributed by atoms with van der Waals surface area (Å²) >= 11 is 0. The molecule has 5 heteroatoms. The van der Waals surface area contributed by atoms with Crippen LogP contribution in [0.15, 0.2) is 36.7 Å². The first-order chi connectivity index (χ1) is 7.66. The number of phenolic OH excluding ortho intramolecular Hbond substituents is 1. The second-order valence-corrected chi connectivity index (χ2v) is 3.32. The Balaban J connectivity index is 2.36. The highest BCUT2D eigenvalue weighted by Gasteiger charge is 2.08. The second-order valence-electron chi connectivity index (χ2n) is 3.32. The molecule has 2 aromatic rings. The van der Waals surface area contributed by atoms with Crippen LogP contribution in [-0.4, -0.2) is 25.7 Å². The third-order valence-electron chi connectivity index (χ3n) is 2.15. The Morgan fingerprint density at radius 2 is 2.00 bits per heavy atom. The molecule has 0 saturated heterocycles. The summed E-state index contributed by atoms with van der Waals surface area (Å²) in [7, 11) is 0. The summed E-state index contributed by atoms with van der Waals surface area (Å²) in [4.78, 5) is 14.7. The van der Waals surface area contributed by atoms with Crippen LogP contribution < -0.4 is 0 Å². The molecular formula is C11H10N2O3. The van der Waals surface area contributed by atoms with Crippen molar-refractivity contribution in [3.05, 3.63) is 36.7 Å². The van der Waals surface area contributed by atoms with Gasteiger partial charge in [-0.05, 0) is 24.3 Å². The molecule has 5 nitrogen and oxygen atoms in total. The molecule has 0 atom stereocenters. The number of carboxylic acids is 1. The van der Waals surface area contributed by atoms with Crippen LogP contribution in [0.4, 0.5) is 0 Å². The molecule has 1 aromatic carbocycles. The molecule has 0 fully saturated rings. The maximum Gasteiger partial charge on any atom is 0.323 e. The highest BCUT2D eigenvalue weighted by atomic mass is 16.4. The van der Waals surface area contributed by atoms with E-state index < -0.39 is 5.97 Å². The zero-order valence-corrected chi connectivity index (χ0v) is 8.37. The molecule has 0 unspecified atom stereocenters. The monoisotopic (exact) mass is 218 g/mol. The van der Waals surface area contributed by atoms with Crippen molar-refractivity contribution in [1.82, 2.24) is 9.55 Å². The summed E-state index contributed by atoms with van der Waals surface area (Å²) < 4.78 is 1.54. The summed E-state index contributed by atoms with van der Waals surface area (Å²) in [5, 5.41) is 17.9. The van der Waals surface area contributed by atoms with Crippen LogP contribution in [0.3, 0.4) is 0 Å². The van der Waals surface area contributed by atoms with Gasteiger partial charge < -0.3 is 14.8 Å². The predicted octanol–water partition coefficient (Wildman–Crippen LogP) is 1.34. The minimum atomic E-state index is -0.918. The lowest BCUT2D eigenvalue weighted by Crippen LogP contribution is -2.09. The van der Waals surface area contributed by atoms with Crippen LogP contribution in [0.25, 0.3) is 11.4 Å². The van der Waals surface area contributed by atoms with E-state index in [1.165, 1.54) is 16.7 Å². The van der Waals surface area contributed by atoms with Gasteiger partial charge in [0.1, 0.15) is 18.1 Å². The van der Waals surface area contributed by atoms with Gasteiger partial charge in [-0.15, -0.1) is 0 Å². The number of nitrogens with zero attached hydrogens (tertiary/aromatic N) is 2. The van der Waals surface area contributed by atoms with Crippen molar-refractivity contribution in [3.8, 4) is 17.1 Å². The lowest BCUT2D eigenvalue weighted by atomic mass is 10.2. The van der Waals surface area contributed by atoms with E-state index >= 15 is 0 Å². The Labute approximate surface area is 91.6 Å². The molecule has 1 aromatic heterocycles. The highest BCUT2D eigenvalue weighted by molar-refractivity contribution is 5.68. The quantitative estimate of drug-likeness (QED) is 0.815. The SMILES string of the molecule is O=C(O)Cn1ccnc1-c1ccc(O)cc1. The van der Waals surface area contributed by atoms with Gasteiger partial charge in [0.25, 0.3) is 0 Å². The second kappa shape index (κ2) is 4.06. The van der Waals surface area contributed by atoms with Crippen molar-refractivity contribution in [1.29, 1.82) is 0 Å². The molecule has 0 aliphatic rings. The van der Waals surface area contributed by atoms with E-state index in [0.29, 0.717) is 5.82 Å². The van der Waals surface area contributed by atoms with E-state index in [0.717, 1.165) is 5.56 Å². The summed E-state index contributed by atoms with van der Waals surface area (Å²) in [6.45, 7) is -0.129. The van der Waals surface area contributed by atoms with Gasteiger partial charge in [0.2, 0.25) is 0 Å². The number of phenols is 1. The van der Waals surface area contributed by atoms with Gasteiger partial charge in [0, 0.05) is 18.0 Å². The molecular weight excluding hydrogens is 208 g/mol. The fraction of sp³-hybridized carbons (Fsp3) is 0.0909. The molecule has 2 N–H and O–H groups in total. The van der Waals surface area contributed by atoms with Crippen molar-refractivity contribution in [2.75, 3.05) is 0 Å². The topological polar surface area (TPSA) is 75.3 Å². The number of imidazole rings is 1. The molecule has 1 heterocycles. The fourth-order valence-electron chi connectivity index (χ4n) is 1.45. The number of hydrogen-bond acceptors (Lipinski definition) is 3. The lowest BCUT2D eigenvalue weighted by Gasteiger charge is -2.04. The number of rotatable bonds is 3. The number of aliphatic carboxylic acids is 1. The molecule has 0 bridgehead atoms. The van der Waals surface area contributed by atoms with Gasteiger partial charge in [-0.1, -0.05) is 0 Å². The number of aromatic hydroxyl groups is 1. The number of benzene rings is 1. The van der Waals surface area contributed by atoms with Gasteiger partial charge in [0.15, 0.2) is 0 Å². The first kappa shape index (κ1) is 10.2. The predicted molar refractivity (Wildman–Crippen MR) is 57.0 cm³/mol. The molecule has 0 amide bonds. The van der Waals surface area contributed by atoms with Gasteiger partial charge in [0.05, 0.1) is 0 Å². The van der Waals surface area contributed by atoms with Crippen LogP contribution in [0.5, 0.6) is 5.75 Å². The van der Waals surface area contributed by atoms with E-state index in [-0.39, 0.29) is 12.3 Å². The Morgan fingerprint density at radius 1 is 1.31 bits per heavy atom. The van der Waals surface area contributed by atoms with E-state index in [9.17, 15) is 4.79 Å². The maximum atomic E-state index is 10.6. The maximum absolute atomic E-state index is 10.6. The summed E-state index contributed by atoms with van der Waals surface area (Å²) in [6, 6.07) is 6.45. The van der Waals surface area contributed by atoms with E-state index in [2.05, 4.69) is 4.98 Å². The van der Waals surface area contributed by atoms with Crippen molar-refractivity contribution in [2.45, 2.75) is 6.54 Å². The molecule has 2 rings (SSSR count). The van der Waals surface area contributed by atoms with E-state index in [4.69, 9.17) is 10.2 Å². The minimum absolute atomic E-state index is 0.129. The fourth-order valence-corrected chi connectivity index (χ4v) is 1.45. The van der Waals surface area contributed by atoms with Crippen molar-refractivity contribution >= 4 is 5.97 Å². The van der Waals surface area contributed by atoms with Crippen LogP contribution >= 0.6 is 0 Å². The largest absolute Gasteiger partial charge is 0.508 e.